The second kappa shape index (κ2) is 7.11. The number of anilines is 2. The molecule has 5 nitrogen and oxygen atoms in total. The summed E-state index contributed by atoms with van der Waals surface area (Å²) in [5.74, 6) is -0.114. The van der Waals surface area contributed by atoms with E-state index in [9.17, 15) is 4.79 Å². The molecule has 0 aliphatic carbocycles. The Hall–Kier alpha value is -1.59. The molecule has 0 atom stereocenters. The van der Waals surface area contributed by atoms with Crippen LogP contribution in [0.4, 0.5) is 11.4 Å². The van der Waals surface area contributed by atoms with Crippen LogP contribution in [0.5, 0.6) is 0 Å². The van der Waals surface area contributed by atoms with Crippen molar-refractivity contribution >= 4 is 17.3 Å². The average Bonchev–Trinajstić information content (AvgIpc) is 2.47. The molecule has 1 saturated heterocycles. The first-order valence-corrected chi connectivity index (χ1v) is 6.73. The van der Waals surface area contributed by atoms with Gasteiger partial charge < -0.3 is 20.3 Å². The lowest BCUT2D eigenvalue weighted by atomic mass is 10.2. The van der Waals surface area contributed by atoms with Gasteiger partial charge >= 0.3 is 0 Å². The second-order valence-corrected chi connectivity index (χ2v) is 4.47. The second-order valence-electron chi connectivity index (χ2n) is 4.47. The maximum atomic E-state index is 11.5. The van der Waals surface area contributed by atoms with Crippen molar-refractivity contribution in [2.24, 2.45) is 0 Å². The zero-order valence-electron chi connectivity index (χ0n) is 11.3. The van der Waals surface area contributed by atoms with E-state index in [1.165, 1.54) is 5.69 Å². The first kappa shape index (κ1) is 13.8. The van der Waals surface area contributed by atoms with Gasteiger partial charge in [-0.25, -0.2) is 0 Å². The summed E-state index contributed by atoms with van der Waals surface area (Å²) in [4.78, 5) is 13.8. The molecule has 1 aromatic carbocycles. The fourth-order valence-corrected chi connectivity index (χ4v) is 2.07. The molecule has 0 spiro atoms. The SMILES string of the molecule is CCOCC(=O)Nc1ccc(N2CCNCC2)cc1. The smallest absolute Gasteiger partial charge is 0.250 e. The van der Waals surface area contributed by atoms with E-state index in [0.717, 1.165) is 31.9 Å². The number of rotatable bonds is 5. The van der Waals surface area contributed by atoms with Crippen molar-refractivity contribution in [2.45, 2.75) is 6.92 Å². The van der Waals surface area contributed by atoms with Crippen LogP contribution in [-0.4, -0.2) is 45.3 Å². The van der Waals surface area contributed by atoms with Gasteiger partial charge in [-0.15, -0.1) is 0 Å². The number of benzene rings is 1. The van der Waals surface area contributed by atoms with Gasteiger partial charge in [-0.2, -0.15) is 0 Å². The van der Waals surface area contributed by atoms with E-state index in [4.69, 9.17) is 4.74 Å². The van der Waals surface area contributed by atoms with Crippen LogP contribution in [0.25, 0.3) is 0 Å². The fraction of sp³-hybridized carbons (Fsp3) is 0.500. The molecule has 2 N–H and O–H groups in total. The van der Waals surface area contributed by atoms with Gasteiger partial charge in [0.15, 0.2) is 0 Å². The number of ether oxygens (including phenoxy) is 1. The number of nitrogens with zero attached hydrogens (tertiary/aromatic N) is 1. The summed E-state index contributed by atoms with van der Waals surface area (Å²) in [5, 5.41) is 6.14. The van der Waals surface area contributed by atoms with Crippen molar-refractivity contribution in [2.75, 3.05) is 49.6 Å². The zero-order chi connectivity index (χ0) is 13.5. The average molecular weight is 263 g/mol. The Bertz CT molecular complexity index is 400. The third-order valence-corrected chi connectivity index (χ3v) is 3.07. The lowest BCUT2D eigenvalue weighted by Gasteiger charge is -2.29. The first-order valence-electron chi connectivity index (χ1n) is 6.73. The van der Waals surface area contributed by atoms with Gasteiger partial charge in [0.1, 0.15) is 6.61 Å². The minimum Gasteiger partial charge on any atom is -0.372 e. The van der Waals surface area contributed by atoms with Crippen molar-refractivity contribution in [1.82, 2.24) is 5.32 Å². The molecule has 1 aromatic rings. The van der Waals surface area contributed by atoms with Crippen LogP contribution < -0.4 is 15.5 Å². The predicted molar refractivity (Wildman–Crippen MR) is 76.6 cm³/mol. The largest absolute Gasteiger partial charge is 0.372 e. The quantitative estimate of drug-likeness (QED) is 0.834. The normalized spacial score (nSPS) is 15.3. The van der Waals surface area contributed by atoms with Gasteiger partial charge in [0.2, 0.25) is 5.91 Å². The van der Waals surface area contributed by atoms with E-state index in [2.05, 4.69) is 15.5 Å². The number of amides is 1. The molecule has 0 bridgehead atoms. The van der Waals surface area contributed by atoms with Gasteiger partial charge in [-0.05, 0) is 31.2 Å². The van der Waals surface area contributed by atoms with E-state index in [-0.39, 0.29) is 12.5 Å². The molecule has 1 amide bonds. The Kier molecular flexibility index (Phi) is 5.18. The number of carbonyl (C=O) groups excluding carboxylic acids is 1. The Morgan fingerprint density at radius 1 is 1.32 bits per heavy atom. The molecular weight excluding hydrogens is 242 g/mol. The summed E-state index contributed by atoms with van der Waals surface area (Å²) in [5.41, 5.74) is 2.01. The van der Waals surface area contributed by atoms with Crippen LogP contribution in [0.15, 0.2) is 24.3 Å². The molecule has 104 valence electrons. The number of hydrogen-bond donors (Lipinski definition) is 2. The van der Waals surface area contributed by atoms with E-state index >= 15 is 0 Å². The molecule has 2 rings (SSSR count). The van der Waals surface area contributed by atoms with Gasteiger partial charge in [0.25, 0.3) is 0 Å². The maximum absolute atomic E-state index is 11.5. The minimum atomic E-state index is -0.114. The lowest BCUT2D eigenvalue weighted by Crippen LogP contribution is -2.43. The highest BCUT2D eigenvalue weighted by Gasteiger charge is 2.10. The van der Waals surface area contributed by atoms with Crippen LogP contribution in [0.3, 0.4) is 0 Å². The first-order chi connectivity index (χ1) is 9.29. The molecule has 0 saturated carbocycles. The number of carbonyl (C=O) groups is 1. The van der Waals surface area contributed by atoms with Crippen LogP contribution >= 0.6 is 0 Å². The molecule has 1 aliphatic rings. The van der Waals surface area contributed by atoms with Gasteiger partial charge in [0, 0.05) is 44.2 Å². The summed E-state index contributed by atoms with van der Waals surface area (Å²) in [6.45, 7) is 6.62. The zero-order valence-corrected chi connectivity index (χ0v) is 11.3. The van der Waals surface area contributed by atoms with E-state index in [1.54, 1.807) is 0 Å². The van der Waals surface area contributed by atoms with E-state index in [1.807, 2.05) is 31.2 Å². The molecule has 0 aromatic heterocycles. The Labute approximate surface area is 113 Å². The number of hydrogen-bond acceptors (Lipinski definition) is 4. The van der Waals surface area contributed by atoms with Crippen LogP contribution in [-0.2, 0) is 9.53 Å². The Morgan fingerprint density at radius 2 is 2.00 bits per heavy atom. The van der Waals surface area contributed by atoms with Crippen molar-refractivity contribution in [3.8, 4) is 0 Å². The topological polar surface area (TPSA) is 53.6 Å². The summed E-state index contributed by atoms with van der Waals surface area (Å²) >= 11 is 0. The molecule has 1 aliphatic heterocycles. The summed E-state index contributed by atoms with van der Waals surface area (Å²) in [7, 11) is 0. The monoisotopic (exact) mass is 263 g/mol. The third kappa shape index (κ3) is 4.22. The number of piperazine rings is 1. The van der Waals surface area contributed by atoms with Gasteiger partial charge in [0.05, 0.1) is 0 Å². The molecule has 1 fully saturated rings. The lowest BCUT2D eigenvalue weighted by molar-refractivity contribution is -0.120. The molecule has 19 heavy (non-hydrogen) atoms. The molecule has 1 heterocycles. The van der Waals surface area contributed by atoms with Crippen LogP contribution in [0.1, 0.15) is 6.92 Å². The Morgan fingerprint density at radius 3 is 2.63 bits per heavy atom. The predicted octanol–water partition coefficient (Wildman–Crippen LogP) is 1.07. The van der Waals surface area contributed by atoms with Crippen molar-refractivity contribution in [3.05, 3.63) is 24.3 Å². The summed E-state index contributed by atoms with van der Waals surface area (Å²) in [6.07, 6.45) is 0. The maximum Gasteiger partial charge on any atom is 0.250 e. The van der Waals surface area contributed by atoms with Crippen LogP contribution in [0, 0.1) is 0 Å². The van der Waals surface area contributed by atoms with Crippen LogP contribution in [0.2, 0.25) is 0 Å². The van der Waals surface area contributed by atoms with E-state index < -0.39 is 0 Å². The molecule has 5 heteroatoms. The standard InChI is InChI=1S/C14H21N3O2/c1-2-19-11-14(18)16-12-3-5-13(6-4-12)17-9-7-15-8-10-17/h3-6,15H,2,7-11H2,1H3,(H,16,18). The van der Waals surface area contributed by atoms with Crippen molar-refractivity contribution in [3.63, 3.8) is 0 Å². The molecular formula is C14H21N3O2. The Balaban J connectivity index is 1.88. The highest BCUT2D eigenvalue weighted by atomic mass is 16.5. The highest BCUT2D eigenvalue weighted by Crippen LogP contribution is 2.18. The fourth-order valence-electron chi connectivity index (χ4n) is 2.07. The summed E-state index contributed by atoms with van der Waals surface area (Å²) < 4.78 is 5.06. The molecule has 0 radical (unpaired) electrons. The van der Waals surface area contributed by atoms with Gasteiger partial charge in [-0.1, -0.05) is 0 Å². The summed E-state index contributed by atoms with van der Waals surface area (Å²) in [6, 6.07) is 7.95. The van der Waals surface area contributed by atoms with Gasteiger partial charge in [-0.3, -0.25) is 4.79 Å². The highest BCUT2D eigenvalue weighted by molar-refractivity contribution is 5.91. The van der Waals surface area contributed by atoms with Crippen molar-refractivity contribution in [1.29, 1.82) is 0 Å². The minimum absolute atomic E-state index is 0.107. The number of nitrogens with one attached hydrogen (secondary N) is 2. The van der Waals surface area contributed by atoms with Crippen molar-refractivity contribution < 1.29 is 9.53 Å². The molecule has 0 unspecified atom stereocenters. The third-order valence-electron chi connectivity index (χ3n) is 3.07. The van der Waals surface area contributed by atoms with E-state index in [0.29, 0.717) is 6.61 Å².